The van der Waals surface area contributed by atoms with Crippen molar-refractivity contribution in [1.29, 1.82) is 0 Å². The summed E-state index contributed by atoms with van der Waals surface area (Å²) in [5.74, 6) is 0.898. The van der Waals surface area contributed by atoms with E-state index < -0.39 is 9.84 Å². The van der Waals surface area contributed by atoms with Crippen molar-refractivity contribution < 1.29 is 8.42 Å². The van der Waals surface area contributed by atoms with Crippen molar-refractivity contribution in [3.05, 3.63) is 34.9 Å². The summed E-state index contributed by atoms with van der Waals surface area (Å²) >= 11 is 5.82. The molecule has 2 unspecified atom stereocenters. The first-order chi connectivity index (χ1) is 10.00. The van der Waals surface area contributed by atoms with Crippen molar-refractivity contribution >= 4 is 21.4 Å². The van der Waals surface area contributed by atoms with Crippen LogP contribution in [0.5, 0.6) is 0 Å². The van der Waals surface area contributed by atoms with Crippen LogP contribution in [-0.2, 0) is 15.6 Å². The number of sulfone groups is 1. The molecule has 1 saturated carbocycles. The topological polar surface area (TPSA) is 46.2 Å². The molecule has 0 spiro atoms. The van der Waals surface area contributed by atoms with Gasteiger partial charge in [-0.2, -0.15) is 0 Å². The Morgan fingerprint density at radius 1 is 1.24 bits per heavy atom. The van der Waals surface area contributed by atoms with E-state index in [0.29, 0.717) is 17.0 Å². The lowest BCUT2D eigenvalue weighted by molar-refractivity contribution is 0.398. The molecule has 1 aliphatic rings. The van der Waals surface area contributed by atoms with Crippen molar-refractivity contribution in [3.63, 3.8) is 0 Å². The van der Waals surface area contributed by atoms with E-state index in [1.165, 1.54) is 12.8 Å². The van der Waals surface area contributed by atoms with Gasteiger partial charge in [0.2, 0.25) is 0 Å². The molecule has 5 heteroatoms. The number of rotatable bonds is 7. The molecule has 1 aliphatic carbocycles. The highest BCUT2D eigenvalue weighted by Gasteiger charge is 2.27. The van der Waals surface area contributed by atoms with E-state index in [1.54, 1.807) is 24.3 Å². The average molecular weight is 330 g/mol. The summed E-state index contributed by atoms with van der Waals surface area (Å²) in [6.45, 7) is 3.06. The first kappa shape index (κ1) is 16.8. The van der Waals surface area contributed by atoms with Crippen molar-refractivity contribution in [2.75, 3.05) is 12.3 Å². The lowest BCUT2D eigenvalue weighted by Crippen LogP contribution is -2.33. The summed E-state index contributed by atoms with van der Waals surface area (Å²) in [7, 11) is -3.04. The second-order valence-electron chi connectivity index (χ2n) is 5.86. The first-order valence-electron chi connectivity index (χ1n) is 7.68. The molecule has 1 fully saturated rings. The normalized spacial score (nSPS) is 22.6. The van der Waals surface area contributed by atoms with Gasteiger partial charge in [0, 0.05) is 11.1 Å². The van der Waals surface area contributed by atoms with Gasteiger partial charge in [-0.25, -0.2) is 8.42 Å². The third-order valence-electron chi connectivity index (χ3n) is 4.22. The van der Waals surface area contributed by atoms with Crippen molar-refractivity contribution in [2.45, 2.75) is 44.4 Å². The Balaban J connectivity index is 1.87. The molecule has 21 heavy (non-hydrogen) atoms. The molecule has 3 nitrogen and oxygen atoms in total. The summed E-state index contributed by atoms with van der Waals surface area (Å²) in [5, 5.41) is 4.11. The maximum Gasteiger partial charge on any atom is 0.154 e. The molecular weight excluding hydrogens is 306 g/mol. The predicted octanol–water partition coefficient (Wildman–Crippen LogP) is 3.42. The third kappa shape index (κ3) is 5.28. The lowest BCUT2D eigenvalue weighted by atomic mass is 10.0. The molecule has 1 aromatic rings. The number of hydrogen-bond donors (Lipinski definition) is 1. The van der Waals surface area contributed by atoms with Gasteiger partial charge in [-0.15, -0.1) is 0 Å². The number of nitrogens with one attached hydrogen (secondary N) is 1. The molecule has 0 amide bonds. The molecule has 1 aromatic carbocycles. The van der Waals surface area contributed by atoms with Gasteiger partial charge >= 0.3 is 0 Å². The van der Waals surface area contributed by atoms with Gasteiger partial charge in [-0.1, -0.05) is 37.1 Å². The highest BCUT2D eigenvalue weighted by molar-refractivity contribution is 7.90. The van der Waals surface area contributed by atoms with Crippen molar-refractivity contribution in [3.8, 4) is 0 Å². The molecule has 0 aromatic heterocycles. The zero-order valence-electron chi connectivity index (χ0n) is 12.5. The average Bonchev–Trinajstić information content (AvgIpc) is 2.87. The highest BCUT2D eigenvalue weighted by atomic mass is 35.5. The van der Waals surface area contributed by atoms with Crippen LogP contribution in [0.25, 0.3) is 0 Å². The Kier molecular flexibility index (Phi) is 6.08. The van der Waals surface area contributed by atoms with Crippen LogP contribution in [0.3, 0.4) is 0 Å². The van der Waals surface area contributed by atoms with Gasteiger partial charge in [-0.3, -0.25) is 0 Å². The quantitative estimate of drug-likeness (QED) is 0.833. The standard InChI is InChI=1S/C16H24ClNO2S/c1-2-18-16-5-3-4-14(16)10-11-21(19,20)12-13-6-8-15(17)9-7-13/h6-9,14,16,18H,2-5,10-12H2,1H3. The molecule has 0 saturated heterocycles. The number of halogens is 1. The zero-order chi connectivity index (χ0) is 15.3. The monoisotopic (exact) mass is 329 g/mol. The van der Waals surface area contributed by atoms with Gasteiger partial charge < -0.3 is 5.32 Å². The van der Waals surface area contributed by atoms with Gasteiger partial charge in [0.15, 0.2) is 9.84 Å². The van der Waals surface area contributed by atoms with Crippen LogP contribution < -0.4 is 5.32 Å². The second kappa shape index (κ2) is 7.61. The first-order valence-corrected chi connectivity index (χ1v) is 9.88. The Morgan fingerprint density at radius 2 is 1.95 bits per heavy atom. The van der Waals surface area contributed by atoms with Gasteiger partial charge in [0.25, 0.3) is 0 Å². The Labute approximate surface area is 133 Å². The lowest BCUT2D eigenvalue weighted by Gasteiger charge is -2.20. The molecule has 1 N–H and O–H groups in total. The fourth-order valence-electron chi connectivity index (χ4n) is 3.15. The van der Waals surface area contributed by atoms with E-state index in [1.807, 2.05) is 0 Å². The van der Waals surface area contributed by atoms with Crippen LogP contribution in [0.2, 0.25) is 5.02 Å². The van der Waals surface area contributed by atoms with Crippen LogP contribution >= 0.6 is 11.6 Å². The van der Waals surface area contributed by atoms with Crippen LogP contribution in [0.4, 0.5) is 0 Å². The van der Waals surface area contributed by atoms with E-state index in [0.717, 1.165) is 24.9 Å². The van der Waals surface area contributed by atoms with Crippen LogP contribution in [0.15, 0.2) is 24.3 Å². The summed E-state index contributed by atoms with van der Waals surface area (Å²) < 4.78 is 24.5. The number of benzene rings is 1. The van der Waals surface area contributed by atoms with E-state index >= 15 is 0 Å². The minimum Gasteiger partial charge on any atom is -0.314 e. The Bertz CT molecular complexity index is 542. The van der Waals surface area contributed by atoms with Gasteiger partial charge in [0.05, 0.1) is 11.5 Å². The van der Waals surface area contributed by atoms with Gasteiger partial charge in [-0.05, 0) is 49.4 Å². The molecule has 0 heterocycles. The van der Waals surface area contributed by atoms with Crippen molar-refractivity contribution in [1.82, 2.24) is 5.32 Å². The maximum absolute atomic E-state index is 12.3. The molecule has 2 rings (SSSR count). The molecule has 0 aliphatic heterocycles. The largest absolute Gasteiger partial charge is 0.314 e. The fourth-order valence-corrected chi connectivity index (χ4v) is 4.78. The van der Waals surface area contributed by atoms with Crippen molar-refractivity contribution in [2.24, 2.45) is 5.92 Å². The summed E-state index contributed by atoms with van der Waals surface area (Å²) in [6, 6.07) is 7.56. The SMILES string of the molecule is CCNC1CCCC1CCS(=O)(=O)Cc1ccc(Cl)cc1. The molecule has 2 atom stereocenters. The predicted molar refractivity (Wildman–Crippen MR) is 88.4 cm³/mol. The minimum atomic E-state index is -3.04. The minimum absolute atomic E-state index is 0.114. The highest BCUT2D eigenvalue weighted by Crippen LogP contribution is 2.29. The Hall–Kier alpha value is -0.580. The van der Waals surface area contributed by atoms with E-state index in [9.17, 15) is 8.42 Å². The molecule has 118 valence electrons. The summed E-state index contributed by atoms with van der Waals surface area (Å²) in [4.78, 5) is 0. The summed E-state index contributed by atoms with van der Waals surface area (Å²) in [6.07, 6.45) is 4.30. The van der Waals surface area contributed by atoms with E-state index in [2.05, 4.69) is 12.2 Å². The summed E-state index contributed by atoms with van der Waals surface area (Å²) in [5.41, 5.74) is 0.814. The number of hydrogen-bond acceptors (Lipinski definition) is 3. The van der Waals surface area contributed by atoms with Crippen LogP contribution in [0.1, 0.15) is 38.2 Å². The molecular formula is C16H24ClNO2S. The molecule has 0 bridgehead atoms. The van der Waals surface area contributed by atoms with E-state index in [-0.39, 0.29) is 11.5 Å². The van der Waals surface area contributed by atoms with Crippen LogP contribution in [0, 0.1) is 5.92 Å². The Morgan fingerprint density at radius 3 is 2.62 bits per heavy atom. The van der Waals surface area contributed by atoms with Gasteiger partial charge in [0.1, 0.15) is 0 Å². The van der Waals surface area contributed by atoms with Crippen LogP contribution in [-0.4, -0.2) is 26.8 Å². The second-order valence-corrected chi connectivity index (χ2v) is 8.48. The molecule has 0 radical (unpaired) electrons. The van der Waals surface area contributed by atoms with E-state index in [4.69, 9.17) is 11.6 Å². The third-order valence-corrected chi connectivity index (χ3v) is 6.11. The fraction of sp³-hybridized carbons (Fsp3) is 0.625. The smallest absolute Gasteiger partial charge is 0.154 e. The zero-order valence-corrected chi connectivity index (χ0v) is 14.1. The maximum atomic E-state index is 12.3.